The van der Waals surface area contributed by atoms with Gasteiger partial charge in [0.2, 0.25) is 11.8 Å². The highest BCUT2D eigenvalue weighted by Crippen LogP contribution is 2.36. The number of halogens is 2. The molecule has 2 atom stereocenters. The van der Waals surface area contributed by atoms with Crippen LogP contribution in [0.4, 0.5) is 0 Å². The van der Waals surface area contributed by atoms with Crippen LogP contribution in [0.1, 0.15) is 53.2 Å². The van der Waals surface area contributed by atoms with Crippen LogP contribution in [0.3, 0.4) is 0 Å². The number of nitrogens with one attached hydrogen (secondary N) is 1. The lowest BCUT2D eigenvalue weighted by atomic mass is 9.92. The molecule has 7 heteroatoms. The van der Waals surface area contributed by atoms with Gasteiger partial charge in [0.25, 0.3) is 0 Å². The predicted molar refractivity (Wildman–Crippen MR) is 137 cm³/mol. The van der Waals surface area contributed by atoms with Crippen molar-refractivity contribution in [3.63, 3.8) is 0 Å². The van der Waals surface area contributed by atoms with Crippen molar-refractivity contribution in [3.8, 4) is 5.75 Å². The monoisotopic (exact) mass is 506 g/mol. The molecule has 0 saturated heterocycles. The first-order valence-electron chi connectivity index (χ1n) is 11.5. The van der Waals surface area contributed by atoms with E-state index in [4.69, 9.17) is 27.9 Å². The highest BCUT2D eigenvalue weighted by atomic mass is 35.5. The third-order valence-corrected chi connectivity index (χ3v) is 7.05. The molecule has 0 saturated carbocycles. The zero-order chi connectivity index (χ0) is 24.5. The Morgan fingerprint density at radius 1 is 1.11 bits per heavy atom. The summed E-state index contributed by atoms with van der Waals surface area (Å²) in [7, 11) is 0. The molecule has 2 heterocycles. The molecule has 2 aliphatic heterocycles. The summed E-state index contributed by atoms with van der Waals surface area (Å²) in [5.74, 6) is 0.532. The number of carbonyl (C=O) groups excluding carboxylic acids is 2. The highest BCUT2D eigenvalue weighted by molar-refractivity contribution is 6.33. The Morgan fingerprint density at radius 3 is 2.77 bits per heavy atom. The number of hydrogen-bond acceptors (Lipinski definition) is 3. The Kier molecular flexibility index (Phi) is 6.54. The van der Waals surface area contributed by atoms with Gasteiger partial charge in [0.15, 0.2) is 0 Å². The highest BCUT2D eigenvalue weighted by Gasteiger charge is 2.30. The maximum Gasteiger partial charge on any atom is 0.223 e. The van der Waals surface area contributed by atoms with Gasteiger partial charge < -0.3 is 15.0 Å². The molecule has 2 amide bonds. The maximum atomic E-state index is 13.5. The van der Waals surface area contributed by atoms with Crippen LogP contribution in [0.25, 0.3) is 6.08 Å². The van der Waals surface area contributed by atoms with Crippen molar-refractivity contribution in [2.24, 2.45) is 0 Å². The van der Waals surface area contributed by atoms with E-state index >= 15 is 0 Å². The smallest absolute Gasteiger partial charge is 0.223 e. The zero-order valence-corrected chi connectivity index (χ0v) is 20.6. The Morgan fingerprint density at radius 2 is 1.94 bits per heavy atom. The van der Waals surface area contributed by atoms with E-state index in [1.165, 1.54) is 6.92 Å². The number of nitrogens with zero attached hydrogens (tertiary/aromatic N) is 1. The maximum absolute atomic E-state index is 13.5. The number of ether oxygens (including phenoxy) is 1. The van der Waals surface area contributed by atoms with E-state index in [1.807, 2.05) is 48.5 Å². The molecule has 0 bridgehead atoms. The molecule has 5 rings (SSSR count). The number of fused-ring (bicyclic) bond motifs is 2. The number of rotatable bonds is 5. The fourth-order valence-electron chi connectivity index (χ4n) is 4.77. The first-order valence-corrected chi connectivity index (χ1v) is 12.2. The van der Waals surface area contributed by atoms with Crippen molar-refractivity contribution < 1.29 is 14.3 Å². The summed E-state index contributed by atoms with van der Waals surface area (Å²) in [4.78, 5) is 27.5. The second-order valence-electron chi connectivity index (χ2n) is 8.72. The average molecular weight is 507 g/mol. The van der Waals surface area contributed by atoms with E-state index in [0.717, 1.165) is 34.4 Å². The number of carbonyl (C=O) groups is 2. The van der Waals surface area contributed by atoms with Crippen molar-refractivity contribution in [1.82, 2.24) is 10.2 Å². The molecular weight excluding hydrogens is 483 g/mol. The summed E-state index contributed by atoms with van der Waals surface area (Å²) in [5.41, 5.74) is 4.62. The van der Waals surface area contributed by atoms with E-state index in [0.29, 0.717) is 22.2 Å². The standard InChI is InChI=1S/C28H24Cl2N2O3/c1-17(33)32-12-10-18-4-2-3-5-22(18)25(32)16-27(34)31-28(23-15-21(29)7-8-24(23)30)20-6-9-26-19(14-20)11-13-35-26/h2-10,12,14-15,25,28H,11,13,16H2,1H3,(H,31,34). The van der Waals surface area contributed by atoms with Crippen LogP contribution >= 0.6 is 23.2 Å². The summed E-state index contributed by atoms with van der Waals surface area (Å²) in [6.07, 6.45) is 4.55. The van der Waals surface area contributed by atoms with E-state index in [1.54, 1.807) is 29.3 Å². The Bertz CT molecular complexity index is 1340. The normalized spacial score (nSPS) is 16.8. The van der Waals surface area contributed by atoms with Crippen LogP contribution in [-0.4, -0.2) is 23.3 Å². The second-order valence-corrected chi connectivity index (χ2v) is 9.57. The van der Waals surface area contributed by atoms with Crippen molar-refractivity contribution >= 4 is 41.1 Å². The van der Waals surface area contributed by atoms with Crippen LogP contribution in [0.5, 0.6) is 5.75 Å². The number of amides is 2. The SMILES string of the molecule is CC(=O)N1C=Cc2ccccc2C1CC(=O)NC(c1ccc2c(c1)CCO2)c1cc(Cl)ccc1Cl. The topological polar surface area (TPSA) is 58.6 Å². The molecule has 178 valence electrons. The molecule has 0 radical (unpaired) electrons. The second kappa shape index (κ2) is 9.76. The molecule has 0 aliphatic carbocycles. The lowest BCUT2D eigenvalue weighted by Gasteiger charge is -2.33. The van der Waals surface area contributed by atoms with Gasteiger partial charge in [-0.2, -0.15) is 0 Å². The molecule has 0 aromatic heterocycles. The first kappa shape index (κ1) is 23.5. The van der Waals surface area contributed by atoms with Crippen molar-refractivity contribution in [3.05, 3.63) is 105 Å². The first-order chi connectivity index (χ1) is 16.9. The minimum absolute atomic E-state index is 0.101. The van der Waals surface area contributed by atoms with Crippen LogP contribution < -0.4 is 10.1 Å². The van der Waals surface area contributed by atoms with E-state index < -0.39 is 12.1 Å². The van der Waals surface area contributed by atoms with Crippen molar-refractivity contribution in [1.29, 1.82) is 0 Å². The van der Waals surface area contributed by atoms with Crippen LogP contribution in [0.15, 0.2) is 66.9 Å². The molecule has 0 spiro atoms. The van der Waals surface area contributed by atoms with E-state index in [-0.39, 0.29) is 18.2 Å². The van der Waals surface area contributed by atoms with Gasteiger partial charge in [0.1, 0.15) is 5.75 Å². The minimum atomic E-state index is -0.514. The molecule has 2 aliphatic rings. The lowest BCUT2D eigenvalue weighted by Crippen LogP contribution is -2.36. The van der Waals surface area contributed by atoms with Gasteiger partial charge in [0.05, 0.1) is 25.1 Å². The molecule has 3 aromatic rings. The molecule has 0 fully saturated rings. The van der Waals surface area contributed by atoms with Crippen molar-refractivity contribution in [2.45, 2.75) is 31.8 Å². The van der Waals surface area contributed by atoms with Gasteiger partial charge in [-0.3, -0.25) is 9.59 Å². The summed E-state index contributed by atoms with van der Waals surface area (Å²) < 4.78 is 5.65. The summed E-state index contributed by atoms with van der Waals surface area (Å²) >= 11 is 12.9. The Labute approximate surface area is 214 Å². The van der Waals surface area contributed by atoms with Crippen molar-refractivity contribution in [2.75, 3.05) is 6.61 Å². The quantitative estimate of drug-likeness (QED) is 0.454. The molecule has 35 heavy (non-hydrogen) atoms. The van der Waals surface area contributed by atoms with Gasteiger partial charge in [-0.05, 0) is 64.2 Å². The summed E-state index contributed by atoms with van der Waals surface area (Å²) in [6.45, 7) is 2.15. The third-order valence-electron chi connectivity index (χ3n) is 6.47. The molecule has 1 N–H and O–H groups in total. The minimum Gasteiger partial charge on any atom is -0.493 e. The molecule has 2 unspecified atom stereocenters. The Hall–Kier alpha value is -3.28. The van der Waals surface area contributed by atoms with Gasteiger partial charge in [-0.15, -0.1) is 0 Å². The molecular formula is C28H24Cl2N2O3. The zero-order valence-electron chi connectivity index (χ0n) is 19.1. The lowest BCUT2D eigenvalue weighted by molar-refractivity contribution is -0.130. The van der Waals surface area contributed by atoms with Gasteiger partial charge in [0, 0.05) is 29.6 Å². The fourth-order valence-corrected chi connectivity index (χ4v) is 5.18. The van der Waals surface area contributed by atoms with E-state index in [9.17, 15) is 9.59 Å². The van der Waals surface area contributed by atoms with Crippen LogP contribution in [0.2, 0.25) is 10.0 Å². The van der Waals surface area contributed by atoms with E-state index in [2.05, 4.69) is 5.32 Å². The number of benzene rings is 3. The molecule has 5 nitrogen and oxygen atoms in total. The largest absolute Gasteiger partial charge is 0.493 e. The number of hydrogen-bond donors (Lipinski definition) is 1. The van der Waals surface area contributed by atoms with Gasteiger partial charge in [-0.1, -0.05) is 53.5 Å². The summed E-state index contributed by atoms with van der Waals surface area (Å²) in [6, 6.07) is 18.0. The summed E-state index contributed by atoms with van der Waals surface area (Å²) in [5, 5.41) is 4.20. The van der Waals surface area contributed by atoms with Crippen LogP contribution in [0, 0.1) is 0 Å². The average Bonchev–Trinajstić information content (AvgIpc) is 3.32. The third kappa shape index (κ3) is 4.79. The van der Waals surface area contributed by atoms with Gasteiger partial charge >= 0.3 is 0 Å². The fraction of sp³-hybridized carbons (Fsp3) is 0.214. The van der Waals surface area contributed by atoms with Crippen LogP contribution in [-0.2, 0) is 16.0 Å². The Balaban J connectivity index is 1.47. The predicted octanol–water partition coefficient (Wildman–Crippen LogP) is 6.10. The van der Waals surface area contributed by atoms with Gasteiger partial charge in [-0.25, -0.2) is 0 Å². The molecule has 3 aromatic carbocycles.